The highest BCUT2D eigenvalue weighted by Crippen LogP contribution is 2.29. The first-order valence-corrected chi connectivity index (χ1v) is 8.22. The van der Waals surface area contributed by atoms with Gasteiger partial charge in [0.1, 0.15) is 0 Å². The van der Waals surface area contributed by atoms with Gasteiger partial charge >= 0.3 is 0 Å². The molecule has 1 rings (SSSR count). The molecule has 1 aromatic rings. The normalized spacial score (nSPS) is 12.7. The largest absolute Gasteiger partial charge is 0.371 e. The number of anilines is 1. The van der Waals surface area contributed by atoms with E-state index >= 15 is 0 Å². The smallest absolute Gasteiger partial charge is 0.0414 e. The standard InChI is InChI=1S/C18H32N2/c1-6-15(7-2)14-20(9-4)18-13-11-10-12-16(18)17(8-3)19-5/h10-13,15,17,19H,6-9,14H2,1-5H3. The van der Waals surface area contributed by atoms with Crippen molar-refractivity contribution < 1.29 is 0 Å². The Kier molecular flexibility index (Phi) is 7.68. The molecule has 0 aliphatic rings. The van der Waals surface area contributed by atoms with Crippen LogP contribution in [0, 0.1) is 5.92 Å². The van der Waals surface area contributed by atoms with E-state index in [9.17, 15) is 0 Å². The van der Waals surface area contributed by atoms with E-state index in [1.807, 2.05) is 0 Å². The number of rotatable bonds is 9. The van der Waals surface area contributed by atoms with Crippen molar-refractivity contribution in [1.82, 2.24) is 5.32 Å². The summed E-state index contributed by atoms with van der Waals surface area (Å²) in [5, 5.41) is 3.44. The van der Waals surface area contributed by atoms with Crippen LogP contribution in [0.1, 0.15) is 58.6 Å². The molecule has 20 heavy (non-hydrogen) atoms. The number of para-hydroxylation sites is 1. The maximum Gasteiger partial charge on any atom is 0.0414 e. The lowest BCUT2D eigenvalue weighted by molar-refractivity contribution is 0.483. The van der Waals surface area contributed by atoms with Gasteiger partial charge in [0.2, 0.25) is 0 Å². The van der Waals surface area contributed by atoms with Gasteiger partial charge < -0.3 is 10.2 Å². The molecule has 0 amide bonds. The second-order valence-corrected chi connectivity index (χ2v) is 5.53. The van der Waals surface area contributed by atoms with Gasteiger partial charge in [-0.05, 0) is 37.9 Å². The van der Waals surface area contributed by atoms with E-state index in [0.29, 0.717) is 6.04 Å². The summed E-state index contributed by atoms with van der Waals surface area (Å²) in [6.45, 7) is 11.4. The lowest BCUT2D eigenvalue weighted by Crippen LogP contribution is -2.31. The van der Waals surface area contributed by atoms with Gasteiger partial charge in [-0.15, -0.1) is 0 Å². The van der Waals surface area contributed by atoms with Gasteiger partial charge in [-0.1, -0.05) is 51.8 Å². The Bertz CT molecular complexity index is 367. The fraction of sp³-hybridized carbons (Fsp3) is 0.667. The zero-order valence-electron chi connectivity index (χ0n) is 13.9. The van der Waals surface area contributed by atoms with Crippen molar-refractivity contribution in [3.8, 4) is 0 Å². The number of hydrogen-bond donors (Lipinski definition) is 1. The SMILES string of the molecule is CCC(CC)CN(CC)c1ccccc1C(CC)NC. The van der Waals surface area contributed by atoms with Crippen LogP contribution in [0.2, 0.25) is 0 Å². The second kappa shape index (κ2) is 9.02. The average molecular weight is 276 g/mol. The van der Waals surface area contributed by atoms with Gasteiger partial charge in [0.15, 0.2) is 0 Å². The van der Waals surface area contributed by atoms with E-state index in [-0.39, 0.29) is 0 Å². The van der Waals surface area contributed by atoms with Gasteiger partial charge in [-0.2, -0.15) is 0 Å². The van der Waals surface area contributed by atoms with Crippen LogP contribution in [-0.4, -0.2) is 20.1 Å². The molecule has 1 unspecified atom stereocenters. The van der Waals surface area contributed by atoms with Gasteiger partial charge in [-0.3, -0.25) is 0 Å². The third kappa shape index (κ3) is 4.24. The molecule has 114 valence electrons. The molecule has 0 saturated heterocycles. The molecule has 0 saturated carbocycles. The molecule has 0 spiro atoms. The summed E-state index contributed by atoms with van der Waals surface area (Å²) in [4.78, 5) is 2.55. The minimum absolute atomic E-state index is 0.446. The predicted molar refractivity (Wildman–Crippen MR) is 90.5 cm³/mol. The molecule has 0 radical (unpaired) electrons. The summed E-state index contributed by atoms with van der Waals surface area (Å²) >= 11 is 0. The Balaban J connectivity index is 3.02. The highest BCUT2D eigenvalue weighted by molar-refractivity contribution is 5.55. The fourth-order valence-corrected chi connectivity index (χ4v) is 2.91. The lowest BCUT2D eigenvalue weighted by atomic mass is 9.99. The van der Waals surface area contributed by atoms with E-state index in [1.54, 1.807) is 0 Å². The Labute approximate surface area is 125 Å². The van der Waals surface area contributed by atoms with Crippen molar-refractivity contribution in [2.24, 2.45) is 5.92 Å². The Morgan fingerprint density at radius 1 is 1.00 bits per heavy atom. The zero-order valence-corrected chi connectivity index (χ0v) is 13.9. The minimum atomic E-state index is 0.446. The molecule has 0 fully saturated rings. The molecule has 1 aromatic carbocycles. The topological polar surface area (TPSA) is 15.3 Å². The number of hydrogen-bond acceptors (Lipinski definition) is 2. The molecule has 2 heteroatoms. The fourth-order valence-electron chi connectivity index (χ4n) is 2.91. The van der Waals surface area contributed by atoms with E-state index in [0.717, 1.165) is 18.9 Å². The third-order valence-electron chi connectivity index (χ3n) is 4.42. The van der Waals surface area contributed by atoms with E-state index in [4.69, 9.17) is 0 Å². The van der Waals surface area contributed by atoms with Crippen molar-refractivity contribution in [1.29, 1.82) is 0 Å². The van der Waals surface area contributed by atoms with Crippen LogP contribution in [0.15, 0.2) is 24.3 Å². The van der Waals surface area contributed by atoms with Gasteiger partial charge in [0.05, 0.1) is 0 Å². The molecule has 0 aliphatic carbocycles. The summed E-state index contributed by atoms with van der Waals surface area (Å²) in [7, 11) is 2.06. The molecule has 1 N–H and O–H groups in total. The van der Waals surface area contributed by atoms with Crippen LogP contribution in [0.25, 0.3) is 0 Å². The molecule has 0 heterocycles. The van der Waals surface area contributed by atoms with Crippen molar-refractivity contribution in [2.45, 2.75) is 53.0 Å². The van der Waals surface area contributed by atoms with Crippen molar-refractivity contribution in [2.75, 3.05) is 25.0 Å². The summed E-state index contributed by atoms with van der Waals surface area (Å²) in [5.41, 5.74) is 2.84. The van der Waals surface area contributed by atoms with E-state index in [2.05, 4.69) is 69.2 Å². The summed E-state index contributed by atoms with van der Waals surface area (Å²) in [6.07, 6.45) is 3.65. The van der Waals surface area contributed by atoms with Crippen LogP contribution in [-0.2, 0) is 0 Å². The maximum atomic E-state index is 3.44. The predicted octanol–water partition coefficient (Wildman–Crippen LogP) is 4.62. The Hall–Kier alpha value is -1.02. The van der Waals surface area contributed by atoms with Gasteiger partial charge in [0.25, 0.3) is 0 Å². The summed E-state index contributed by atoms with van der Waals surface area (Å²) in [6, 6.07) is 9.32. The number of benzene rings is 1. The van der Waals surface area contributed by atoms with Gasteiger partial charge in [0, 0.05) is 24.8 Å². The first-order chi connectivity index (χ1) is 9.71. The van der Waals surface area contributed by atoms with E-state index in [1.165, 1.54) is 30.6 Å². The molecule has 0 aliphatic heterocycles. The highest BCUT2D eigenvalue weighted by atomic mass is 15.1. The Morgan fingerprint density at radius 3 is 2.15 bits per heavy atom. The quantitative estimate of drug-likeness (QED) is 0.708. The molecule has 0 bridgehead atoms. The van der Waals surface area contributed by atoms with Crippen LogP contribution in [0.4, 0.5) is 5.69 Å². The van der Waals surface area contributed by atoms with Crippen LogP contribution < -0.4 is 10.2 Å². The highest BCUT2D eigenvalue weighted by Gasteiger charge is 2.17. The van der Waals surface area contributed by atoms with Crippen LogP contribution in [0.5, 0.6) is 0 Å². The number of nitrogens with zero attached hydrogens (tertiary/aromatic N) is 1. The van der Waals surface area contributed by atoms with Crippen molar-refractivity contribution in [3.63, 3.8) is 0 Å². The van der Waals surface area contributed by atoms with Crippen molar-refractivity contribution in [3.05, 3.63) is 29.8 Å². The molecular formula is C18H32N2. The van der Waals surface area contributed by atoms with Gasteiger partial charge in [-0.25, -0.2) is 0 Å². The molecular weight excluding hydrogens is 244 g/mol. The second-order valence-electron chi connectivity index (χ2n) is 5.53. The molecule has 0 aromatic heterocycles. The summed E-state index contributed by atoms with van der Waals surface area (Å²) in [5.74, 6) is 0.790. The maximum absolute atomic E-state index is 3.44. The van der Waals surface area contributed by atoms with Crippen LogP contribution >= 0.6 is 0 Å². The number of nitrogens with one attached hydrogen (secondary N) is 1. The first kappa shape index (κ1) is 17.0. The van der Waals surface area contributed by atoms with E-state index < -0.39 is 0 Å². The van der Waals surface area contributed by atoms with Crippen molar-refractivity contribution >= 4 is 5.69 Å². The minimum Gasteiger partial charge on any atom is -0.371 e. The molecule has 2 nitrogen and oxygen atoms in total. The molecule has 1 atom stereocenters. The lowest BCUT2D eigenvalue weighted by Gasteiger charge is -2.31. The average Bonchev–Trinajstić information content (AvgIpc) is 2.51. The third-order valence-corrected chi connectivity index (χ3v) is 4.42. The summed E-state index contributed by atoms with van der Waals surface area (Å²) < 4.78 is 0. The monoisotopic (exact) mass is 276 g/mol. The zero-order chi connectivity index (χ0) is 15.0. The Morgan fingerprint density at radius 2 is 1.65 bits per heavy atom. The van der Waals surface area contributed by atoms with Crippen LogP contribution in [0.3, 0.4) is 0 Å². The first-order valence-electron chi connectivity index (χ1n) is 8.22.